The molecule has 0 bridgehead atoms. The van der Waals surface area contributed by atoms with Crippen molar-refractivity contribution in [2.24, 2.45) is 0 Å². The molecule has 65 heavy (non-hydrogen) atoms. The van der Waals surface area contributed by atoms with Crippen LogP contribution in [0.2, 0.25) is 0 Å². The minimum absolute atomic E-state index is 0.0264. The average Bonchev–Trinajstić information content (AvgIpc) is 3.26. The first kappa shape index (κ1) is 63.0. The molecule has 0 heterocycles. The van der Waals surface area contributed by atoms with Gasteiger partial charge in [0.05, 0.1) is 33.8 Å². The number of nitrogens with one attached hydrogen (secondary N) is 1. The number of allylic oxidation sites excluding steroid dienone is 7. The van der Waals surface area contributed by atoms with Gasteiger partial charge < -0.3 is 28.5 Å². The third-order valence-corrected chi connectivity index (χ3v) is 12.7. The van der Waals surface area contributed by atoms with E-state index in [1.807, 2.05) is 33.3 Å². The van der Waals surface area contributed by atoms with E-state index in [1.54, 1.807) is 0 Å². The summed E-state index contributed by atoms with van der Waals surface area (Å²) in [7, 11) is 1.17. The molecule has 9 nitrogen and oxygen atoms in total. The standard InChI is InChI=1S/C55H103N2O7P/c1-7-10-13-16-19-22-25-28-30-32-35-38-41-44-47-54(58)56-52(51-63-65(60,61)62-50-49-57(4,5)6)53(46-43-40-37-34-31-27-24-21-18-15-12-9-3)64-55(59)48-45-42-39-36-33-29-26-23-20-17-14-11-8-2/h10,13,19,22,29,33,43,46,52-53H,7-9,11-12,14-18,20-21,23-28,30-32,34-42,44-45,47-51H2,1-6H3,(H-,56,58,60,61)/b13-10+,22-19+,33-29-,46-43+. The Balaban J connectivity index is 5.44. The fourth-order valence-electron chi connectivity index (χ4n) is 7.55. The van der Waals surface area contributed by atoms with Gasteiger partial charge in [-0.2, -0.15) is 0 Å². The topological polar surface area (TPSA) is 114 Å². The molecule has 0 spiro atoms. The molecule has 0 aromatic rings. The van der Waals surface area contributed by atoms with Gasteiger partial charge in [-0.3, -0.25) is 14.2 Å². The summed E-state index contributed by atoms with van der Waals surface area (Å²) in [5.74, 6) is -0.569. The second-order valence-electron chi connectivity index (χ2n) is 19.3. The predicted molar refractivity (Wildman–Crippen MR) is 275 cm³/mol. The number of hydrogen-bond donors (Lipinski definition) is 1. The summed E-state index contributed by atoms with van der Waals surface area (Å²) >= 11 is 0. The number of esters is 1. The normalized spacial score (nSPS) is 14.3. The van der Waals surface area contributed by atoms with E-state index in [-0.39, 0.29) is 24.9 Å². The number of carbonyl (C=O) groups excluding carboxylic acids is 2. The molecule has 0 saturated carbocycles. The van der Waals surface area contributed by atoms with Crippen molar-refractivity contribution in [1.29, 1.82) is 0 Å². The van der Waals surface area contributed by atoms with Gasteiger partial charge in [0.2, 0.25) is 5.91 Å². The Kier molecular flexibility index (Phi) is 44.3. The van der Waals surface area contributed by atoms with Crippen molar-refractivity contribution in [3.05, 3.63) is 48.6 Å². The molecular formula is C55H103N2O7P. The molecule has 3 atom stereocenters. The third kappa shape index (κ3) is 46.9. The molecule has 0 fully saturated rings. The molecule has 0 radical (unpaired) electrons. The fourth-order valence-corrected chi connectivity index (χ4v) is 8.28. The lowest BCUT2D eigenvalue weighted by Gasteiger charge is -2.30. The van der Waals surface area contributed by atoms with Crippen LogP contribution in [0.15, 0.2) is 48.6 Å². The molecule has 10 heteroatoms. The largest absolute Gasteiger partial charge is 0.756 e. The molecule has 0 rings (SSSR count). The van der Waals surface area contributed by atoms with Crippen molar-refractivity contribution in [2.75, 3.05) is 40.9 Å². The number of ether oxygens (including phenoxy) is 1. The van der Waals surface area contributed by atoms with E-state index < -0.39 is 26.6 Å². The fraction of sp³-hybridized carbons (Fsp3) is 0.818. The molecule has 1 N–H and O–H groups in total. The van der Waals surface area contributed by atoms with Crippen LogP contribution >= 0.6 is 7.82 Å². The number of unbranched alkanes of at least 4 members (excludes halogenated alkanes) is 26. The quantitative estimate of drug-likeness (QED) is 0.0212. The van der Waals surface area contributed by atoms with E-state index in [2.05, 4.69) is 62.5 Å². The molecule has 0 aromatic heterocycles. The minimum atomic E-state index is -4.69. The van der Waals surface area contributed by atoms with E-state index in [0.717, 1.165) is 89.9 Å². The van der Waals surface area contributed by atoms with Crippen LogP contribution < -0.4 is 10.2 Å². The predicted octanol–water partition coefficient (Wildman–Crippen LogP) is 15.1. The number of phosphoric ester groups is 1. The van der Waals surface area contributed by atoms with Gasteiger partial charge in [-0.05, 0) is 83.1 Å². The maximum absolute atomic E-state index is 13.4. The summed E-state index contributed by atoms with van der Waals surface area (Å²) in [6.45, 7) is 6.70. The highest BCUT2D eigenvalue weighted by Gasteiger charge is 2.27. The minimum Gasteiger partial charge on any atom is -0.756 e. The number of likely N-dealkylation sites (N-methyl/N-ethyl adjacent to an activating group) is 1. The SMILES string of the molecule is CC/C=C/C/C=C/CCCCCCCCCC(=O)NC(COP(=O)([O-])OCC[N+](C)(C)C)C(/C=C/CCCCCCCCCCCC)OC(=O)CCCCC/C=C\CCCCCCCC. The second-order valence-corrected chi connectivity index (χ2v) is 20.8. The molecule has 0 aliphatic carbocycles. The van der Waals surface area contributed by atoms with Crippen LogP contribution in [0.3, 0.4) is 0 Å². The average molecular weight is 935 g/mol. The molecule has 0 aliphatic rings. The number of quaternary nitrogens is 1. The first-order valence-electron chi connectivity index (χ1n) is 26.9. The molecule has 1 amide bonds. The number of phosphoric acid groups is 1. The molecule has 0 aliphatic heterocycles. The van der Waals surface area contributed by atoms with Crippen LogP contribution in [0.4, 0.5) is 0 Å². The van der Waals surface area contributed by atoms with Gasteiger partial charge >= 0.3 is 5.97 Å². The molecule has 0 aromatic carbocycles. The number of amides is 1. The number of carbonyl (C=O) groups is 2. The summed E-state index contributed by atoms with van der Waals surface area (Å²) in [6.07, 6.45) is 53.6. The zero-order valence-corrected chi connectivity index (χ0v) is 44.1. The van der Waals surface area contributed by atoms with Crippen LogP contribution in [0.25, 0.3) is 0 Å². The Morgan fingerprint density at radius 2 is 0.985 bits per heavy atom. The Bertz CT molecular complexity index is 1260. The zero-order chi connectivity index (χ0) is 48.0. The third-order valence-electron chi connectivity index (χ3n) is 11.7. The zero-order valence-electron chi connectivity index (χ0n) is 43.2. The summed E-state index contributed by atoms with van der Waals surface area (Å²) in [4.78, 5) is 39.7. The smallest absolute Gasteiger partial charge is 0.306 e. The van der Waals surface area contributed by atoms with Crippen molar-refractivity contribution >= 4 is 19.7 Å². The Hall–Kier alpha value is -2.03. The van der Waals surface area contributed by atoms with Crippen molar-refractivity contribution in [3.63, 3.8) is 0 Å². The van der Waals surface area contributed by atoms with E-state index in [0.29, 0.717) is 23.9 Å². The van der Waals surface area contributed by atoms with Crippen LogP contribution in [-0.2, 0) is 27.9 Å². The summed E-state index contributed by atoms with van der Waals surface area (Å²) in [6, 6.07) is -0.895. The van der Waals surface area contributed by atoms with Gasteiger partial charge in [0.15, 0.2) is 0 Å². The summed E-state index contributed by atoms with van der Waals surface area (Å²) < 4.78 is 30.1. The van der Waals surface area contributed by atoms with E-state index in [1.165, 1.54) is 109 Å². The monoisotopic (exact) mass is 935 g/mol. The highest BCUT2D eigenvalue weighted by atomic mass is 31.2. The highest BCUT2D eigenvalue weighted by molar-refractivity contribution is 7.45. The van der Waals surface area contributed by atoms with Gasteiger partial charge in [-0.15, -0.1) is 0 Å². The lowest BCUT2D eigenvalue weighted by molar-refractivity contribution is -0.870. The first-order chi connectivity index (χ1) is 31.4. The van der Waals surface area contributed by atoms with Crippen molar-refractivity contribution in [1.82, 2.24) is 5.32 Å². The second kappa shape index (κ2) is 45.7. The molecular weight excluding hydrogens is 832 g/mol. The maximum Gasteiger partial charge on any atom is 0.306 e. The Morgan fingerprint density at radius 1 is 0.554 bits per heavy atom. The van der Waals surface area contributed by atoms with Crippen LogP contribution in [-0.4, -0.2) is 69.4 Å². The van der Waals surface area contributed by atoms with Crippen molar-refractivity contribution in [2.45, 2.75) is 251 Å². The molecule has 380 valence electrons. The van der Waals surface area contributed by atoms with Gasteiger partial charge in [0.1, 0.15) is 19.3 Å². The summed E-state index contributed by atoms with van der Waals surface area (Å²) in [5.41, 5.74) is 0. The highest BCUT2D eigenvalue weighted by Crippen LogP contribution is 2.38. The number of rotatable bonds is 48. The van der Waals surface area contributed by atoms with Crippen molar-refractivity contribution in [3.8, 4) is 0 Å². The number of hydrogen-bond acceptors (Lipinski definition) is 7. The van der Waals surface area contributed by atoms with Gasteiger partial charge in [-0.1, -0.05) is 192 Å². The van der Waals surface area contributed by atoms with Crippen molar-refractivity contribution < 1.29 is 37.3 Å². The van der Waals surface area contributed by atoms with Crippen LogP contribution in [0.1, 0.15) is 239 Å². The first-order valence-corrected chi connectivity index (χ1v) is 28.4. The molecule has 0 saturated heterocycles. The lowest BCUT2D eigenvalue weighted by Crippen LogP contribution is -2.47. The van der Waals surface area contributed by atoms with Gasteiger partial charge in [0.25, 0.3) is 7.82 Å². The van der Waals surface area contributed by atoms with E-state index in [4.69, 9.17) is 13.8 Å². The van der Waals surface area contributed by atoms with Crippen LogP contribution in [0, 0.1) is 0 Å². The Labute approximate surface area is 401 Å². The maximum atomic E-state index is 13.4. The van der Waals surface area contributed by atoms with Gasteiger partial charge in [-0.25, -0.2) is 0 Å². The summed E-state index contributed by atoms with van der Waals surface area (Å²) in [5, 5.41) is 3.00. The number of nitrogens with zero attached hydrogens (tertiary/aromatic N) is 1. The van der Waals surface area contributed by atoms with E-state index >= 15 is 0 Å². The van der Waals surface area contributed by atoms with Gasteiger partial charge in [0, 0.05) is 12.8 Å². The van der Waals surface area contributed by atoms with Crippen LogP contribution in [0.5, 0.6) is 0 Å². The molecule has 3 unspecified atom stereocenters. The lowest BCUT2D eigenvalue weighted by atomic mass is 10.0. The van der Waals surface area contributed by atoms with E-state index in [9.17, 15) is 19.0 Å². The Morgan fingerprint density at radius 3 is 1.49 bits per heavy atom.